The summed E-state index contributed by atoms with van der Waals surface area (Å²) in [6, 6.07) is 9.52. The number of fused-ring (bicyclic) bond motifs is 1. The first-order valence-electron chi connectivity index (χ1n) is 9.65. The predicted molar refractivity (Wildman–Crippen MR) is 106 cm³/mol. The molecule has 0 aliphatic rings. The van der Waals surface area contributed by atoms with Crippen LogP contribution in [0, 0.1) is 0 Å². The zero-order valence-corrected chi connectivity index (χ0v) is 16.0. The summed E-state index contributed by atoms with van der Waals surface area (Å²) in [7, 11) is 0. The molecule has 3 aromatic rings. The molecule has 0 spiro atoms. The molecule has 1 aromatic heterocycles. The van der Waals surface area contributed by atoms with Gasteiger partial charge in [-0.15, -0.1) is 15.0 Å². The van der Waals surface area contributed by atoms with Crippen LogP contribution in [0.1, 0.15) is 55.8 Å². The predicted octanol–water partition coefficient (Wildman–Crippen LogP) is 4.56. The van der Waals surface area contributed by atoms with Crippen molar-refractivity contribution in [3.63, 3.8) is 0 Å². The number of carboxylic acids is 1. The number of aromatic nitrogens is 3. The Morgan fingerprint density at radius 2 is 1.75 bits per heavy atom. The Kier molecular flexibility index (Phi) is 6.47. The van der Waals surface area contributed by atoms with E-state index in [1.165, 1.54) is 42.6 Å². The van der Waals surface area contributed by atoms with Crippen molar-refractivity contribution in [2.45, 2.75) is 45.4 Å². The van der Waals surface area contributed by atoms with Gasteiger partial charge in [-0.3, -0.25) is 0 Å². The molecule has 1 heterocycles. The average Bonchev–Trinajstić information content (AvgIpc) is 3.10. The number of hydrogen-bond acceptors (Lipinski definition) is 5. The fourth-order valence-electron chi connectivity index (χ4n) is 2.99. The Bertz CT molecular complexity index is 952. The van der Waals surface area contributed by atoms with Crippen molar-refractivity contribution in [3.05, 3.63) is 42.0 Å². The van der Waals surface area contributed by atoms with Crippen LogP contribution in [-0.4, -0.2) is 37.8 Å². The van der Waals surface area contributed by atoms with Gasteiger partial charge in [0.2, 0.25) is 0 Å². The fourth-order valence-corrected chi connectivity index (χ4v) is 2.99. The maximum absolute atomic E-state index is 11.1. The summed E-state index contributed by atoms with van der Waals surface area (Å²) in [6.45, 7) is 2.82. The van der Waals surface area contributed by atoms with Crippen LogP contribution in [0.3, 0.4) is 0 Å². The molecule has 0 aliphatic carbocycles. The van der Waals surface area contributed by atoms with Crippen LogP contribution >= 0.6 is 0 Å². The summed E-state index contributed by atoms with van der Waals surface area (Å²) in [6.07, 6.45) is 7.15. The van der Waals surface area contributed by atoms with Crippen LogP contribution in [0.5, 0.6) is 11.5 Å². The van der Waals surface area contributed by atoms with E-state index in [1.807, 2.05) is 0 Å². The summed E-state index contributed by atoms with van der Waals surface area (Å²) in [4.78, 5) is 12.4. The van der Waals surface area contributed by atoms with E-state index in [9.17, 15) is 9.90 Å². The molecule has 0 unspecified atom stereocenters. The van der Waals surface area contributed by atoms with E-state index < -0.39 is 5.97 Å². The van der Waals surface area contributed by atoms with Crippen molar-refractivity contribution in [1.29, 1.82) is 0 Å². The third-order valence-corrected chi connectivity index (χ3v) is 4.56. The molecular formula is C21H25N3O4. The summed E-state index contributed by atoms with van der Waals surface area (Å²) in [5, 5.41) is 28.0. The molecule has 0 aliphatic heterocycles. The number of aromatic hydroxyl groups is 1. The first-order chi connectivity index (χ1) is 13.6. The second-order valence-electron chi connectivity index (χ2n) is 6.76. The molecule has 7 nitrogen and oxygen atoms in total. The standard InChI is InChI=1S/C21H25N3O4/c1-2-3-4-5-6-7-12-28-16-9-11-19(20(25)14-16)24-22-17-10-8-15(21(26)27)13-18(17)23-24/h8-11,13-14,25H,2-7,12H2,1H3,(H,26,27). The quantitative estimate of drug-likeness (QED) is 0.498. The topological polar surface area (TPSA) is 97.5 Å². The van der Waals surface area contributed by atoms with Gasteiger partial charge in [-0.05, 0) is 36.8 Å². The van der Waals surface area contributed by atoms with Crippen LogP contribution < -0.4 is 4.74 Å². The van der Waals surface area contributed by atoms with Gasteiger partial charge in [0.15, 0.2) is 0 Å². The van der Waals surface area contributed by atoms with Gasteiger partial charge in [0.1, 0.15) is 28.2 Å². The molecule has 0 bridgehead atoms. The van der Waals surface area contributed by atoms with E-state index in [0.717, 1.165) is 12.8 Å². The number of ether oxygens (including phenoxy) is 1. The lowest BCUT2D eigenvalue weighted by Gasteiger charge is -2.08. The molecule has 0 amide bonds. The molecule has 148 valence electrons. The number of phenols is 1. The molecule has 2 aromatic carbocycles. The molecule has 0 saturated carbocycles. The van der Waals surface area contributed by atoms with Gasteiger partial charge in [-0.25, -0.2) is 4.79 Å². The number of nitrogens with zero attached hydrogens (tertiary/aromatic N) is 3. The van der Waals surface area contributed by atoms with Gasteiger partial charge in [-0.2, -0.15) is 0 Å². The molecule has 28 heavy (non-hydrogen) atoms. The molecule has 0 radical (unpaired) electrons. The molecule has 0 fully saturated rings. The molecular weight excluding hydrogens is 358 g/mol. The Labute approximate surface area is 163 Å². The number of benzene rings is 2. The zero-order valence-electron chi connectivity index (χ0n) is 16.0. The lowest BCUT2D eigenvalue weighted by atomic mass is 10.1. The Hall–Kier alpha value is -3.09. The van der Waals surface area contributed by atoms with Crippen molar-refractivity contribution in [3.8, 4) is 17.2 Å². The van der Waals surface area contributed by atoms with E-state index >= 15 is 0 Å². The summed E-state index contributed by atoms with van der Waals surface area (Å²) in [5.41, 5.74) is 1.54. The van der Waals surface area contributed by atoms with E-state index in [-0.39, 0.29) is 11.3 Å². The first-order valence-corrected chi connectivity index (χ1v) is 9.65. The monoisotopic (exact) mass is 383 g/mol. The largest absolute Gasteiger partial charge is 0.505 e. The highest BCUT2D eigenvalue weighted by molar-refractivity contribution is 5.92. The van der Waals surface area contributed by atoms with Crippen molar-refractivity contribution in [2.75, 3.05) is 6.61 Å². The van der Waals surface area contributed by atoms with Gasteiger partial charge in [0.25, 0.3) is 0 Å². The Morgan fingerprint density at radius 1 is 1.00 bits per heavy atom. The number of rotatable bonds is 10. The van der Waals surface area contributed by atoms with Crippen LogP contribution in [0.2, 0.25) is 0 Å². The number of hydrogen-bond donors (Lipinski definition) is 2. The summed E-state index contributed by atoms with van der Waals surface area (Å²) in [5.74, 6) is -0.426. The van der Waals surface area contributed by atoms with Gasteiger partial charge < -0.3 is 14.9 Å². The number of aromatic carboxylic acids is 1. The van der Waals surface area contributed by atoms with Gasteiger partial charge in [0, 0.05) is 6.07 Å². The molecule has 0 atom stereocenters. The molecule has 7 heteroatoms. The first kappa shape index (κ1) is 19.7. The molecule has 3 rings (SSSR count). The van der Waals surface area contributed by atoms with Gasteiger partial charge in [0.05, 0.1) is 12.2 Å². The normalized spacial score (nSPS) is 11.0. The van der Waals surface area contributed by atoms with Crippen LogP contribution in [-0.2, 0) is 0 Å². The maximum Gasteiger partial charge on any atom is 0.335 e. The third-order valence-electron chi connectivity index (χ3n) is 4.56. The number of phenolic OH excluding ortho intramolecular Hbond substituents is 1. The van der Waals surface area contributed by atoms with Crippen molar-refractivity contribution < 1.29 is 19.7 Å². The Morgan fingerprint density at radius 3 is 2.50 bits per heavy atom. The highest BCUT2D eigenvalue weighted by Gasteiger charge is 2.12. The lowest BCUT2D eigenvalue weighted by Crippen LogP contribution is -2.01. The second kappa shape index (κ2) is 9.21. The number of carboxylic acid groups (broad SMARTS) is 1. The maximum atomic E-state index is 11.1. The van der Waals surface area contributed by atoms with E-state index in [1.54, 1.807) is 24.3 Å². The number of carbonyl (C=O) groups is 1. The fraction of sp³-hybridized carbons (Fsp3) is 0.381. The average molecular weight is 383 g/mol. The van der Waals surface area contributed by atoms with Crippen LogP contribution in [0.25, 0.3) is 16.7 Å². The summed E-state index contributed by atoms with van der Waals surface area (Å²) < 4.78 is 5.71. The molecule has 0 saturated heterocycles. The van der Waals surface area contributed by atoms with Crippen LogP contribution in [0.4, 0.5) is 0 Å². The van der Waals surface area contributed by atoms with Crippen molar-refractivity contribution >= 4 is 17.0 Å². The van der Waals surface area contributed by atoms with Gasteiger partial charge >= 0.3 is 5.97 Å². The molecule has 2 N–H and O–H groups in total. The van der Waals surface area contributed by atoms with Crippen LogP contribution in [0.15, 0.2) is 36.4 Å². The lowest BCUT2D eigenvalue weighted by molar-refractivity contribution is 0.0697. The van der Waals surface area contributed by atoms with Crippen molar-refractivity contribution in [1.82, 2.24) is 15.0 Å². The third kappa shape index (κ3) is 4.79. The smallest absolute Gasteiger partial charge is 0.335 e. The Balaban J connectivity index is 1.64. The minimum atomic E-state index is -1.02. The van der Waals surface area contributed by atoms with E-state index in [0.29, 0.717) is 29.1 Å². The number of unbranched alkanes of at least 4 members (excludes halogenated alkanes) is 5. The minimum Gasteiger partial charge on any atom is -0.505 e. The van der Waals surface area contributed by atoms with E-state index in [4.69, 9.17) is 9.84 Å². The highest BCUT2D eigenvalue weighted by atomic mass is 16.5. The van der Waals surface area contributed by atoms with E-state index in [2.05, 4.69) is 17.1 Å². The van der Waals surface area contributed by atoms with Crippen molar-refractivity contribution in [2.24, 2.45) is 0 Å². The SMILES string of the molecule is CCCCCCCCOc1ccc(-n2nc3ccc(C(=O)O)cc3n2)c(O)c1. The second-order valence-corrected chi connectivity index (χ2v) is 6.76. The highest BCUT2D eigenvalue weighted by Crippen LogP contribution is 2.27. The minimum absolute atomic E-state index is 0.000732. The van der Waals surface area contributed by atoms with Gasteiger partial charge in [-0.1, -0.05) is 39.0 Å². The zero-order chi connectivity index (χ0) is 19.9. The summed E-state index contributed by atoms with van der Waals surface area (Å²) >= 11 is 0.